The number of amides is 1. The van der Waals surface area contributed by atoms with Crippen LogP contribution in [0.4, 0.5) is 87.8 Å². The number of methoxy groups -OCH3 is 2. The molecule has 1 amide bonds. The zero-order chi connectivity index (χ0) is 82.8. The SMILES string of the molecule is CON(C)C(=O)c1cc(F)cc(C(F)(F)F)c1.COc1ccc(Cl)cc1Br.COc1ccc(Cl)cc1C(=O)c1cc(F)cc(C(F)(F)F)c1.O=C(Cl)c1cc(F)cc(C(F)(F)F)c1.O=C(O)COc1ccc(Cl)cc1C(=O)c1cc(F)cc(C(F)(F)F)c1.O=C(c1cc(F)cc(C(F)(F)F)c1)c1cc(Cl)ccc1O. The Morgan fingerprint density at radius 3 is 1.01 bits per heavy atom. The van der Waals surface area contributed by atoms with Crippen molar-refractivity contribution in [1.29, 1.82) is 0 Å². The topological polar surface area (TPSA) is 183 Å². The number of ether oxygens (including phenoxy) is 3. The van der Waals surface area contributed by atoms with Crippen molar-refractivity contribution in [2.24, 2.45) is 0 Å². The van der Waals surface area contributed by atoms with Gasteiger partial charge in [0.1, 0.15) is 52.1 Å². The number of rotatable bonds is 14. The predicted octanol–water partition coefficient (Wildman–Crippen LogP) is 22.2. The summed E-state index contributed by atoms with van der Waals surface area (Å²) < 4.78 is 269. The number of aromatic hydroxyl groups is 1. The lowest BCUT2D eigenvalue weighted by molar-refractivity contribution is -0.140. The Morgan fingerprint density at radius 2 is 0.679 bits per heavy atom. The third kappa shape index (κ3) is 28.4. The highest BCUT2D eigenvalue weighted by Crippen LogP contribution is 2.38. The van der Waals surface area contributed by atoms with Gasteiger partial charge in [0.15, 0.2) is 24.0 Å². The number of alkyl halides is 15. The number of ketones is 3. The van der Waals surface area contributed by atoms with Crippen molar-refractivity contribution in [2.45, 2.75) is 30.9 Å². The van der Waals surface area contributed by atoms with Gasteiger partial charge in [0, 0.05) is 55.0 Å². The van der Waals surface area contributed by atoms with E-state index in [-0.39, 0.29) is 55.4 Å². The number of carbonyl (C=O) groups excluding carboxylic acids is 5. The van der Waals surface area contributed by atoms with Crippen LogP contribution in [0, 0.1) is 29.1 Å². The molecule has 0 spiro atoms. The van der Waals surface area contributed by atoms with Crippen molar-refractivity contribution < 1.29 is 146 Å². The summed E-state index contributed by atoms with van der Waals surface area (Å²) in [4.78, 5) is 74.0. The Kier molecular flexibility index (Phi) is 32.9. The standard InChI is InChI=1S/C16H9ClF4O4.C15H9ClF4O2.C14H7ClF4O2.C10H9F4NO2.C8H3ClF4O.C7H6BrClO/c17-10-1-2-13(25-7-14(22)23)12(6-10)15(24)8-3-9(16(19,20)21)5-11(18)4-8;1-22-13-3-2-10(16)7-12(13)14(21)8-4-9(15(18,19)20)6-11(17)5-8;15-9-1-2-12(20)11(6-9)13(21)7-3-8(14(17,18)19)5-10(16)4-7;1-15(17-2)9(16)6-3-7(10(12,13)14)5-8(11)4-6;9-7(14)4-1-5(8(11,12)13)3-6(10)2-4;1-10-7-3-2-5(9)4-6(7)8/h1-6H,7H2,(H,22,23);2-7H,1H3;1-6,20H;3-5H,1-2H3;1-3H;2-4H,1H3. The fraction of sp³-hybridized carbons (Fsp3) is 0.143. The van der Waals surface area contributed by atoms with Gasteiger partial charge in [-0.15, -0.1) is 0 Å². The second-order valence-corrected chi connectivity index (χ2v) is 23.9. The van der Waals surface area contributed by atoms with E-state index in [2.05, 4.69) is 20.8 Å². The van der Waals surface area contributed by atoms with E-state index in [0.29, 0.717) is 82.9 Å². The van der Waals surface area contributed by atoms with Crippen LogP contribution in [0.5, 0.6) is 23.0 Å². The molecular weight excluding hydrogens is 1680 g/mol. The van der Waals surface area contributed by atoms with Gasteiger partial charge in [-0.2, -0.15) is 65.9 Å². The van der Waals surface area contributed by atoms with Gasteiger partial charge < -0.3 is 24.4 Å². The van der Waals surface area contributed by atoms with E-state index >= 15 is 0 Å². The summed E-state index contributed by atoms with van der Waals surface area (Å²) in [5, 5.41) is 18.9. The second kappa shape index (κ2) is 39.1. The molecule has 0 aliphatic rings. The number of carboxylic acid groups (broad SMARTS) is 1. The smallest absolute Gasteiger partial charge is 0.416 e. The van der Waals surface area contributed by atoms with E-state index in [4.69, 9.17) is 77.3 Å². The third-order valence-electron chi connectivity index (χ3n) is 13.2. The Morgan fingerprint density at radius 1 is 0.394 bits per heavy atom. The average Bonchev–Trinajstić information content (AvgIpc) is 0.818. The first-order valence-corrected chi connectivity index (χ1v) is 31.5. The van der Waals surface area contributed by atoms with Crippen LogP contribution < -0.4 is 14.2 Å². The first kappa shape index (κ1) is 91.7. The van der Waals surface area contributed by atoms with E-state index in [1.807, 2.05) is 6.07 Å². The van der Waals surface area contributed by atoms with Crippen molar-refractivity contribution in [2.75, 3.05) is 35.0 Å². The number of nitrogens with zero attached hydrogens (tertiary/aromatic N) is 1. The molecule has 9 aromatic rings. The molecule has 0 heterocycles. The van der Waals surface area contributed by atoms with Crippen molar-refractivity contribution in [3.8, 4) is 23.0 Å². The largest absolute Gasteiger partial charge is 0.507 e. The fourth-order valence-corrected chi connectivity index (χ4v) is 9.73. The number of carboxylic acids is 1. The summed E-state index contributed by atoms with van der Waals surface area (Å²) in [6, 6.07) is 24.2. The predicted molar refractivity (Wildman–Crippen MR) is 358 cm³/mol. The molecule has 0 fully saturated rings. The number of halogens is 26. The van der Waals surface area contributed by atoms with Crippen LogP contribution in [-0.4, -0.2) is 84.7 Å². The molecule has 0 saturated carbocycles. The lowest BCUT2D eigenvalue weighted by Gasteiger charge is -2.15. The second-order valence-electron chi connectivity index (χ2n) is 21.0. The van der Waals surface area contributed by atoms with E-state index in [1.165, 1.54) is 57.7 Å². The molecule has 0 aromatic heterocycles. The molecule has 0 aliphatic heterocycles. The number of benzene rings is 9. The minimum Gasteiger partial charge on any atom is -0.507 e. The van der Waals surface area contributed by atoms with E-state index < -0.39 is 162 Å². The Balaban J connectivity index is 0.000000282. The van der Waals surface area contributed by atoms with E-state index in [1.54, 1.807) is 19.2 Å². The van der Waals surface area contributed by atoms with Gasteiger partial charge in [-0.05, 0) is 191 Å². The number of hydrogen-bond donors (Lipinski definition) is 2. The zero-order valence-electron chi connectivity index (χ0n) is 54.5. The Labute approximate surface area is 634 Å². The van der Waals surface area contributed by atoms with Gasteiger partial charge in [0.25, 0.3) is 11.1 Å². The van der Waals surface area contributed by atoms with E-state index in [0.717, 1.165) is 34.5 Å². The molecule has 0 aliphatic carbocycles. The van der Waals surface area contributed by atoms with Crippen molar-refractivity contribution >= 4 is 108 Å². The van der Waals surface area contributed by atoms with Crippen molar-refractivity contribution in [1.82, 2.24) is 5.06 Å². The summed E-state index contributed by atoms with van der Waals surface area (Å²) in [5.74, 6) is -10.6. The van der Waals surface area contributed by atoms with Gasteiger partial charge in [-0.3, -0.25) is 28.8 Å². The van der Waals surface area contributed by atoms with Gasteiger partial charge in [0.05, 0.1) is 70.3 Å². The van der Waals surface area contributed by atoms with Crippen LogP contribution >= 0.6 is 73.9 Å². The summed E-state index contributed by atoms with van der Waals surface area (Å²) in [5.41, 5.74) is -9.42. The van der Waals surface area contributed by atoms with Crippen molar-refractivity contribution in [3.63, 3.8) is 0 Å². The quantitative estimate of drug-likeness (QED) is 0.0455. The maximum Gasteiger partial charge on any atom is 0.416 e. The van der Waals surface area contributed by atoms with Gasteiger partial charge in [-0.1, -0.05) is 46.4 Å². The monoisotopic (exact) mass is 1720 g/mol. The van der Waals surface area contributed by atoms with Crippen LogP contribution in [0.25, 0.3) is 0 Å². The molecule has 582 valence electrons. The first-order chi connectivity index (χ1) is 50.3. The molecule has 109 heavy (non-hydrogen) atoms. The van der Waals surface area contributed by atoms with Crippen LogP contribution in [0.1, 0.15) is 96.3 Å². The van der Waals surface area contributed by atoms with Gasteiger partial charge in [0.2, 0.25) is 0 Å². The number of hydroxylamine groups is 2. The lowest BCUT2D eigenvalue weighted by Crippen LogP contribution is -2.26. The van der Waals surface area contributed by atoms with Crippen LogP contribution in [0.3, 0.4) is 0 Å². The first-order valence-electron chi connectivity index (χ1n) is 28.8. The highest BCUT2D eigenvalue weighted by Gasteiger charge is 2.37. The third-order valence-corrected chi connectivity index (χ3v) is 15.0. The molecule has 9 aromatic carbocycles. The molecule has 9 rings (SSSR count). The van der Waals surface area contributed by atoms with Crippen LogP contribution in [-0.2, 0) is 40.5 Å². The summed E-state index contributed by atoms with van der Waals surface area (Å²) in [6.07, 6.45) is -23.8. The van der Waals surface area contributed by atoms with Crippen molar-refractivity contribution in [3.05, 3.63) is 290 Å². The number of aliphatic carboxylic acids is 1. The molecule has 0 unspecified atom stereocenters. The van der Waals surface area contributed by atoms with Crippen LogP contribution in [0.2, 0.25) is 20.1 Å². The number of hydrogen-bond acceptors (Lipinski definition) is 11. The Bertz CT molecular complexity index is 4810. The molecule has 0 saturated heterocycles. The molecule has 39 heteroatoms. The summed E-state index contributed by atoms with van der Waals surface area (Å²) >= 11 is 31.1. The molecule has 0 atom stereocenters. The van der Waals surface area contributed by atoms with E-state index in [9.17, 15) is 122 Å². The highest BCUT2D eigenvalue weighted by atomic mass is 79.9. The number of phenolic OH excluding ortho intramolecular Hbond substituents is 1. The Hall–Kier alpha value is -9.71. The molecule has 0 radical (unpaired) electrons. The van der Waals surface area contributed by atoms with Gasteiger partial charge in [-0.25, -0.2) is 31.8 Å². The zero-order valence-corrected chi connectivity index (χ0v) is 59.9. The number of phenols is 1. The fourth-order valence-electron chi connectivity index (χ4n) is 8.26. The molecule has 2 N–H and O–H groups in total. The average molecular weight is 1730 g/mol. The minimum atomic E-state index is -4.84. The highest BCUT2D eigenvalue weighted by molar-refractivity contribution is 9.10. The van der Waals surface area contributed by atoms with Gasteiger partial charge >= 0.3 is 36.9 Å². The summed E-state index contributed by atoms with van der Waals surface area (Å²) in [6.45, 7) is -0.779. The minimum absolute atomic E-state index is 0.0475. The number of carbonyl (C=O) groups is 6. The van der Waals surface area contributed by atoms with Crippen LogP contribution in [0.15, 0.2) is 168 Å². The maximum atomic E-state index is 13.5. The lowest BCUT2D eigenvalue weighted by atomic mass is 10.00. The summed E-state index contributed by atoms with van der Waals surface area (Å²) in [7, 11) is 5.29. The normalized spacial score (nSPS) is 11.2. The molecule has 0 bridgehead atoms. The maximum absolute atomic E-state index is 13.5. The molecule has 13 nitrogen and oxygen atoms in total. The molecular formula is C70H43BrCl5F20NO12.